The maximum Gasteiger partial charge on any atom is 0.306 e. The lowest BCUT2D eigenvalue weighted by Crippen LogP contribution is -2.30. The number of hydrogen-bond donors (Lipinski definition) is 0. The molecule has 0 N–H and O–H groups in total. The average molecular weight is 833 g/mol. The van der Waals surface area contributed by atoms with Gasteiger partial charge in [0, 0.05) is 19.3 Å². The Morgan fingerprint density at radius 3 is 0.847 bits per heavy atom. The van der Waals surface area contributed by atoms with Gasteiger partial charge in [-0.25, -0.2) is 0 Å². The van der Waals surface area contributed by atoms with Gasteiger partial charge < -0.3 is 14.2 Å². The van der Waals surface area contributed by atoms with Gasteiger partial charge in [0.2, 0.25) is 0 Å². The highest BCUT2D eigenvalue weighted by atomic mass is 16.6. The van der Waals surface area contributed by atoms with Crippen molar-refractivity contribution in [2.45, 2.75) is 297 Å². The molecule has 0 saturated carbocycles. The molecule has 6 heteroatoms. The van der Waals surface area contributed by atoms with Crippen molar-refractivity contribution in [2.24, 2.45) is 0 Å². The molecule has 0 aromatic heterocycles. The molecule has 0 saturated heterocycles. The van der Waals surface area contributed by atoms with Crippen LogP contribution in [0.1, 0.15) is 290 Å². The second kappa shape index (κ2) is 48.8. The van der Waals surface area contributed by atoms with E-state index in [-0.39, 0.29) is 31.1 Å². The monoisotopic (exact) mass is 833 g/mol. The molecule has 6 nitrogen and oxygen atoms in total. The summed E-state index contributed by atoms with van der Waals surface area (Å²) in [4.78, 5) is 37.9. The Hall–Kier alpha value is -1.85. The van der Waals surface area contributed by atoms with E-state index in [1.165, 1.54) is 186 Å². The van der Waals surface area contributed by atoms with Crippen molar-refractivity contribution in [3.8, 4) is 0 Å². The molecular weight excluding hydrogens is 733 g/mol. The summed E-state index contributed by atoms with van der Waals surface area (Å²) in [6.07, 6.45) is 53.4. The first-order valence-electron chi connectivity index (χ1n) is 26.2. The van der Waals surface area contributed by atoms with Gasteiger partial charge in [-0.15, -0.1) is 0 Å². The van der Waals surface area contributed by atoms with Crippen molar-refractivity contribution >= 4 is 17.9 Å². The van der Waals surface area contributed by atoms with Crippen molar-refractivity contribution in [3.63, 3.8) is 0 Å². The Bertz CT molecular complexity index is 916. The van der Waals surface area contributed by atoms with Gasteiger partial charge in [-0.1, -0.05) is 238 Å². The van der Waals surface area contributed by atoms with Crippen LogP contribution in [-0.4, -0.2) is 37.2 Å². The van der Waals surface area contributed by atoms with E-state index < -0.39 is 6.10 Å². The Labute approximate surface area is 367 Å². The highest BCUT2D eigenvalue weighted by molar-refractivity contribution is 5.71. The molecular formula is C53H100O6. The van der Waals surface area contributed by atoms with Crippen LogP contribution in [0.5, 0.6) is 0 Å². The van der Waals surface area contributed by atoms with E-state index in [0.29, 0.717) is 19.3 Å². The summed E-state index contributed by atoms with van der Waals surface area (Å²) in [6.45, 7) is 6.65. The topological polar surface area (TPSA) is 78.9 Å². The molecule has 0 radical (unpaired) electrons. The lowest BCUT2D eigenvalue weighted by molar-refractivity contribution is -0.167. The number of rotatable bonds is 48. The fourth-order valence-corrected chi connectivity index (χ4v) is 7.79. The summed E-state index contributed by atoms with van der Waals surface area (Å²) in [5, 5.41) is 0. The van der Waals surface area contributed by atoms with E-state index in [1.807, 2.05) is 0 Å². The summed E-state index contributed by atoms with van der Waals surface area (Å²) >= 11 is 0. The third-order valence-corrected chi connectivity index (χ3v) is 11.8. The van der Waals surface area contributed by atoms with E-state index in [9.17, 15) is 14.4 Å². The molecule has 0 aliphatic rings. The van der Waals surface area contributed by atoms with Gasteiger partial charge in [0.05, 0.1) is 0 Å². The Kier molecular flexibility index (Phi) is 47.3. The highest BCUT2D eigenvalue weighted by Gasteiger charge is 2.19. The van der Waals surface area contributed by atoms with Crippen molar-refractivity contribution < 1.29 is 28.6 Å². The van der Waals surface area contributed by atoms with Crippen molar-refractivity contribution in [3.05, 3.63) is 12.2 Å². The fourth-order valence-electron chi connectivity index (χ4n) is 7.79. The molecule has 1 atom stereocenters. The van der Waals surface area contributed by atoms with Crippen LogP contribution in [0.15, 0.2) is 12.2 Å². The van der Waals surface area contributed by atoms with Gasteiger partial charge in [0.1, 0.15) is 13.2 Å². The van der Waals surface area contributed by atoms with E-state index in [1.54, 1.807) is 0 Å². The average Bonchev–Trinajstić information content (AvgIpc) is 3.23. The van der Waals surface area contributed by atoms with E-state index >= 15 is 0 Å². The molecule has 0 aliphatic heterocycles. The fraction of sp³-hybridized carbons (Fsp3) is 0.906. The molecule has 0 spiro atoms. The maximum atomic E-state index is 12.8. The van der Waals surface area contributed by atoms with Gasteiger partial charge in [0.25, 0.3) is 0 Å². The summed E-state index contributed by atoms with van der Waals surface area (Å²) < 4.78 is 16.8. The van der Waals surface area contributed by atoms with Gasteiger partial charge in [-0.05, 0) is 44.9 Å². The zero-order valence-electron chi connectivity index (χ0n) is 39.8. The van der Waals surface area contributed by atoms with Crippen LogP contribution in [0.2, 0.25) is 0 Å². The summed E-state index contributed by atoms with van der Waals surface area (Å²) in [7, 11) is 0. The molecule has 0 bridgehead atoms. The summed E-state index contributed by atoms with van der Waals surface area (Å²) in [5.41, 5.74) is 0. The van der Waals surface area contributed by atoms with Crippen LogP contribution in [-0.2, 0) is 28.6 Å². The lowest BCUT2D eigenvalue weighted by Gasteiger charge is -2.18. The molecule has 0 amide bonds. The largest absolute Gasteiger partial charge is 0.462 e. The van der Waals surface area contributed by atoms with Gasteiger partial charge in [-0.2, -0.15) is 0 Å². The smallest absolute Gasteiger partial charge is 0.306 e. The molecule has 348 valence electrons. The van der Waals surface area contributed by atoms with Crippen LogP contribution in [0.4, 0.5) is 0 Å². The highest BCUT2D eigenvalue weighted by Crippen LogP contribution is 2.16. The molecule has 1 unspecified atom stereocenters. The molecule has 59 heavy (non-hydrogen) atoms. The van der Waals surface area contributed by atoms with Crippen LogP contribution < -0.4 is 0 Å². The van der Waals surface area contributed by atoms with Gasteiger partial charge >= 0.3 is 17.9 Å². The zero-order chi connectivity index (χ0) is 43.0. The normalized spacial score (nSPS) is 12.0. The van der Waals surface area contributed by atoms with E-state index in [0.717, 1.165) is 64.2 Å². The minimum atomic E-state index is -0.765. The minimum absolute atomic E-state index is 0.0678. The van der Waals surface area contributed by atoms with E-state index in [4.69, 9.17) is 14.2 Å². The molecule has 0 aromatic rings. The second-order valence-corrected chi connectivity index (χ2v) is 17.8. The van der Waals surface area contributed by atoms with Gasteiger partial charge in [-0.3, -0.25) is 14.4 Å². The zero-order valence-corrected chi connectivity index (χ0v) is 39.8. The minimum Gasteiger partial charge on any atom is -0.462 e. The number of carbonyl (C=O) groups excluding carboxylic acids is 3. The molecule has 0 heterocycles. The molecule has 0 aliphatic carbocycles. The third-order valence-electron chi connectivity index (χ3n) is 11.8. The first-order valence-corrected chi connectivity index (χ1v) is 26.2. The van der Waals surface area contributed by atoms with Crippen LogP contribution in [0.3, 0.4) is 0 Å². The van der Waals surface area contributed by atoms with Crippen molar-refractivity contribution in [1.29, 1.82) is 0 Å². The lowest BCUT2D eigenvalue weighted by atomic mass is 10.0. The van der Waals surface area contributed by atoms with Gasteiger partial charge in [0.15, 0.2) is 6.10 Å². The maximum absolute atomic E-state index is 12.8. The number of ether oxygens (including phenoxy) is 3. The Balaban J connectivity index is 4.27. The quantitative estimate of drug-likeness (QED) is 0.0263. The number of unbranched alkanes of at least 4 members (excludes halogenated alkanes) is 35. The number of esters is 3. The number of carbonyl (C=O) groups is 3. The summed E-state index contributed by atoms with van der Waals surface area (Å²) in [6, 6.07) is 0. The SMILES string of the molecule is CCCCCCCCCCC/C=C\CCCCCCCC(=O)OCC(COC(=O)CCCCCCCCCCC)OC(=O)CCCCCCCCCCCCCCCC. The predicted octanol–water partition coefficient (Wildman–Crippen LogP) is 17.0. The van der Waals surface area contributed by atoms with Crippen LogP contribution in [0.25, 0.3) is 0 Å². The summed E-state index contributed by atoms with van der Waals surface area (Å²) in [5.74, 6) is -0.863. The predicted molar refractivity (Wildman–Crippen MR) is 252 cm³/mol. The van der Waals surface area contributed by atoms with Crippen molar-refractivity contribution in [2.75, 3.05) is 13.2 Å². The van der Waals surface area contributed by atoms with E-state index in [2.05, 4.69) is 32.9 Å². The molecule has 0 rings (SSSR count). The van der Waals surface area contributed by atoms with Crippen LogP contribution in [0, 0.1) is 0 Å². The Morgan fingerprint density at radius 2 is 0.559 bits per heavy atom. The van der Waals surface area contributed by atoms with Crippen molar-refractivity contribution in [1.82, 2.24) is 0 Å². The Morgan fingerprint density at radius 1 is 0.322 bits per heavy atom. The molecule has 0 aromatic carbocycles. The number of allylic oxidation sites excluding steroid dienone is 2. The van der Waals surface area contributed by atoms with Crippen LogP contribution >= 0.6 is 0 Å². The first kappa shape index (κ1) is 57.1. The first-order chi connectivity index (χ1) is 29.0. The molecule has 0 fully saturated rings. The number of hydrogen-bond acceptors (Lipinski definition) is 6. The second-order valence-electron chi connectivity index (χ2n) is 17.8. The standard InChI is InChI=1S/C53H100O6/c1-4-7-10-13-16-19-21-23-25-26-27-28-30-31-34-37-40-43-46-52(55)58-49-50(48-57-51(54)45-42-39-36-33-18-15-12-9-6-3)59-53(56)47-44-41-38-35-32-29-24-22-20-17-14-11-8-5-2/h27-28,50H,4-26,29-49H2,1-3H3/b28-27-. The third kappa shape index (κ3) is 47.1.